The van der Waals surface area contributed by atoms with Crippen molar-refractivity contribution in [3.8, 4) is 0 Å². The van der Waals surface area contributed by atoms with Gasteiger partial charge in [-0.25, -0.2) is 19.1 Å². The number of hydrogen-bond acceptors (Lipinski definition) is 6. The average molecular weight is 557 g/mol. The number of hydrogen-bond donors (Lipinski definition) is 2. The molecule has 0 unspecified atom stereocenters. The third-order valence-corrected chi connectivity index (χ3v) is 7.21. The molecule has 1 aliphatic carbocycles. The Morgan fingerprint density at radius 2 is 1.70 bits per heavy atom. The minimum atomic E-state index is -0.556. The molecule has 3 amide bonds. The van der Waals surface area contributed by atoms with Crippen molar-refractivity contribution in [1.29, 1.82) is 0 Å². The second-order valence-corrected chi connectivity index (χ2v) is 11.4. The highest BCUT2D eigenvalue weighted by molar-refractivity contribution is 5.76. The van der Waals surface area contributed by atoms with E-state index in [4.69, 9.17) is 9.72 Å². The monoisotopic (exact) mass is 556 g/mol. The number of rotatable bonds is 5. The van der Waals surface area contributed by atoms with Crippen LogP contribution in [0.25, 0.3) is 5.70 Å². The molecule has 3 heterocycles. The van der Waals surface area contributed by atoms with E-state index < -0.39 is 5.60 Å². The summed E-state index contributed by atoms with van der Waals surface area (Å²) >= 11 is 0. The summed E-state index contributed by atoms with van der Waals surface area (Å²) in [6, 6.07) is -0.0746. The van der Waals surface area contributed by atoms with Crippen LogP contribution < -0.4 is 16.2 Å². The standard InChI is InChI=1S/C28H42N6O4.C2H6/c1-6-11-21(7-2)34-24(35)22-18-32(15-14-23(22)31-25(34)29-19-12-9-8-10-13-19)26(36)30-20-16-33(17-20)27(37)38-28(3,4)5;1-2/h6-7,11,19-20H,8-10,12-18H2,1-5H3,(H,29,31)(H,30,36);1-2H3/b11-6-,21-7+;. The second-order valence-electron chi connectivity index (χ2n) is 11.4. The van der Waals surface area contributed by atoms with E-state index in [-0.39, 0.29) is 30.3 Å². The number of ether oxygens (including phenoxy) is 1. The molecule has 10 heteroatoms. The summed E-state index contributed by atoms with van der Waals surface area (Å²) in [5.74, 6) is 0.585. The van der Waals surface area contributed by atoms with Crippen LogP contribution >= 0.6 is 0 Å². The third kappa shape index (κ3) is 7.67. The van der Waals surface area contributed by atoms with Crippen molar-refractivity contribution in [2.75, 3.05) is 25.0 Å². The van der Waals surface area contributed by atoms with Gasteiger partial charge >= 0.3 is 12.1 Å². The van der Waals surface area contributed by atoms with E-state index in [2.05, 4.69) is 10.6 Å². The summed E-state index contributed by atoms with van der Waals surface area (Å²) in [5.41, 5.74) is 1.36. The number of anilines is 1. The van der Waals surface area contributed by atoms with E-state index in [9.17, 15) is 14.4 Å². The Morgan fingerprint density at radius 1 is 1.02 bits per heavy atom. The molecule has 2 fully saturated rings. The molecule has 1 saturated carbocycles. The van der Waals surface area contributed by atoms with Crippen LogP contribution in [0.4, 0.5) is 15.5 Å². The van der Waals surface area contributed by atoms with E-state index in [0.29, 0.717) is 43.6 Å². The lowest BCUT2D eigenvalue weighted by Gasteiger charge is -2.41. The zero-order valence-corrected chi connectivity index (χ0v) is 25.4. The maximum Gasteiger partial charge on any atom is 0.410 e. The first-order valence-electron chi connectivity index (χ1n) is 14.8. The second kappa shape index (κ2) is 13.9. The minimum absolute atomic E-state index is 0.141. The number of nitrogens with zero attached hydrogens (tertiary/aromatic N) is 4. The van der Waals surface area contributed by atoms with Gasteiger partial charge in [0.05, 0.1) is 23.8 Å². The Labute approximate surface area is 238 Å². The van der Waals surface area contributed by atoms with Crippen LogP contribution in [0.2, 0.25) is 0 Å². The van der Waals surface area contributed by atoms with Crippen LogP contribution in [0.15, 0.2) is 23.0 Å². The number of urea groups is 1. The van der Waals surface area contributed by atoms with Gasteiger partial charge in [-0.05, 0) is 53.5 Å². The largest absolute Gasteiger partial charge is 0.444 e. The number of amides is 3. The number of nitrogens with one attached hydrogen (secondary N) is 2. The van der Waals surface area contributed by atoms with Crippen molar-refractivity contribution in [1.82, 2.24) is 24.7 Å². The average Bonchev–Trinajstić information content (AvgIpc) is 2.90. The van der Waals surface area contributed by atoms with Crippen LogP contribution in [-0.4, -0.2) is 68.8 Å². The molecule has 3 aliphatic rings. The van der Waals surface area contributed by atoms with Gasteiger partial charge in [0.15, 0.2) is 0 Å². The van der Waals surface area contributed by atoms with Gasteiger partial charge in [-0.15, -0.1) is 0 Å². The molecule has 222 valence electrons. The molecule has 0 radical (unpaired) electrons. The molecule has 40 heavy (non-hydrogen) atoms. The van der Waals surface area contributed by atoms with E-state index >= 15 is 0 Å². The fraction of sp³-hybridized carbons (Fsp3) is 0.667. The minimum Gasteiger partial charge on any atom is -0.444 e. The number of aromatic nitrogens is 2. The number of carbonyl (C=O) groups is 2. The van der Waals surface area contributed by atoms with Crippen LogP contribution in [0.5, 0.6) is 0 Å². The van der Waals surface area contributed by atoms with E-state index in [1.54, 1.807) is 14.4 Å². The molecule has 1 saturated heterocycles. The Balaban J connectivity index is 0.00000216. The molecular formula is C30H48N6O4. The maximum atomic E-state index is 13.8. The Bertz CT molecular complexity index is 1150. The highest BCUT2D eigenvalue weighted by atomic mass is 16.6. The smallest absolute Gasteiger partial charge is 0.410 e. The topological polar surface area (TPSA) is 109 Å². The highest BCUT2D eigenvalue weighted by Gasteiger charge is 2.36. The fourth-order valence-electron chi connectivity index (χ4n) is 5.20. The molecule has 4 rings (SSSR count). The molecule has 0 bridgehead atoms. The molecule has 1 aromatic heterocycles. The summed E-state index contributed by atoms with van der Waals surface area (Å²) in [6.07, 6.45) is 11.6. The summed E-state index contributed by atoms with van der Waals surface area (Å²) in [5, 5.41) is 6.55. The van der Waals surface area contributed by atoms with Gasteiger partial charge in [0, 0.05) is 37.8 Å². The quantitative estimate of drug-likeness (QED) is 0.486. The van der Waals surface area contributed by atoms with Gasteiger partial charge in [0.1, 0.15) is 5.60 Å². The van der Waals surface area contributed by atoms with Crippen molar-refractivity contribution in [2.45, 2.75) is 111 Å². The molecule has 0 atom stereocenters. The Kier molecular flexibility index (Phi) is 10.8. The highest BCUT2D eigenvalue weighted by Crippen LogP contribution is 2.24. The molecule has 1 aromatic rings. The zero-order chi connectivity index (χ0) is 29.4. The van der Waals surface area contributed by atoms with Gasteiger partial charge in [-0.2, -0.15) is 0 Å². The van der Waals surface area contributed by atoms with Crippen LogP contribution in [0.1, 0.15) is 91.8 Å². The van der Waals surface area contributed by atoms with Crippen LogP contribution in [0.3, 0.4) is 0 Å². The number of allylic oxidation sites excluding steroid dienone is 4. The molecule has 2 aliphatic heterocycles. The predicted molar refractivity (Wildman–Crippen MR) is 159 cm³/mol. The molecule has 0 aromatic carbocycles. The summed E-state index contributed by atoms with van der Waals surface area (Å²) < 4.78 is 7.04. The molecule has 0 spiro atoms. The SMILES string of the molecule is C/C=C\C(=C/C)n1c(NC2CCCCC2)nc2c(c1=O)CN(C(=O)NC1CN(C(=O)OC(C)(C)C)C1)CC2.CC. The van der Waals surface area contributed by atoms with Gasteiger partial charge in [-0.3, -0.25) is 4.79 Å². The lowest BCUT2D eigenvalue weighted by Crippen LogP contribution is -2.63. The van der Waals surface area contributed by atoms with Crippen molar-refractivity contribution in [3.05, 3.63) is 39.8 Å². The number of likely N-dealkylation sites (tertiary alicyclic amines) is 1. The maximum absolute atomic E-state index is 13.8. The summed E-state index contributed by atoms with van der Waals surface area (Å²) in [6.45, 7) is 14.8. The van der Waals surface area contributed by atoms with Crippen molar-refractivity contribution in [2.24, 2.45) is 0 Å². The van der Waals surface area contributed by atoms with Gasteiger partial charge in [0.25, 0.3) is 5.56 Å². The van der Waals surface area contributed by atoms with E-state index in [1.807, 2.05) is 66.7 Å². The van der Waals surface area contributed by atoms with Gasteiger partial charge < -0.3 is 25.2 Å². The fourth-order valence-corrected chi connectivity index (χ4v) is 5.20. The first-order valence-corrected chi connectivity index (χ1v) is 14.8. The Hall–Kier alpha value is -3.30. The van der Waals surface area contributed by atoms with Gasteiger partial charge in [0.2, 0.25) is 5.95 Å². The van der Waals surface area contributed by atoms with Crippen LogP contribution in [0, 0.1) is 0 Å². The molecule has 10 nitrogen and oxygen atoms in total. The van der Waals surface area contributed by atoms with Crippen molar-refractivity contribution >= 4 is 23.8 Å². The normalized spacial score (nSPS) is 18.4. The van der Waals surface area contributed by atoms with Crippen molar-refractivity contribution < 1.29 is 14.3 Å². The predicted octanol–water partition coefficient (Wildman–Crippen LogP) is 5.14. The van der Waals surface area contributed by atoms with Crippen LogP contribution in [-0.2, 0) is 17.7 Å². The number of carbonyl (C=O) groups excluding carboxylic acids is 2. The summed E-state index contributed by atoms with van der Waals surface area (Å²) in [4.78, 5) is 47.2. The molecular weight excluding hydrogens is 508 g/mol. The third-order valence-electron chi connectivity index (χ3n) is 7.21. The Morgan fingerprint density at radius 3 is 2.30 bits per heavy atom. The first kappa shape index (κ1) is 31.2. The number of fused-ring (bicyclic) bond motifs is 1. The lowest BCUT2D eigenvalue weighted by atomic mass is 9.96. The van der Waals surface area contributed by atoms with E-state index in [1.165, 1.54) is 19.3 Å². The van der Waals surface area contributed by atoms with Crippen molar-refractivity contribution in [3.63, 3.8) is 0 Å². The molecule has 2 N–H and O–H groups in total. The lowest BCUT2D eigenvalue weighted by molar-refractivity contribution is 0.00578. The van der Waals surface area contributed by atoms with Gasteiger partial charge in [-0.1, -0.05) is 45.3 Å². The van der Waals surface area contributed by atoms with E-state index in [0.717, 1.165) is 24.2 Å². The first-order chi connectivity index (χ1) is 19.1. The zero-order valence-electron chi connectivity index (χ0n) is 25.4. The summed E-state index contributed by atoms with van der Waals surface area (Å²) in [7, 11) is 0.